The molecule has 0 saturated heterocycles. The third-order valence-electron chi connectivity index (χ3n) is 3.76. The Kier molecular flexibility index (Phi) is 4.44. The number of amides is 1. The van der Waals surface area contributed by atoms with Gasteiger partial charge in [0.25, 0.3) is 0 Å². The van der Waals surface area contributed by atoms with E-state index in [0.29, 0.717) is 12.2 Å². The monoisotopic (exact) mass is 307 g/mol. The van der Waals surface area contributed by atoms with Crippen molar-refractivity contribution < 1.29 is 9.53 Å². The highest BCUT2D eigenvalue weighted by Gasteiger charge is 2.22. The Balaban J connectivity index is 1.57. The van der Waals surface area contributed by atoms with Crippen LogP contribution in [0, 0.1) is 11.3 Å². The molecule has 116 valence electrons. The zero-order chi connectivity index (χ0) is 16.1. The van der Waals surface area contributed by atoms with Gasteiger partial charge < -0.3 is 15.4 Å². The predicted octanol–water partition coefficient (Wildman–Crippen LogP) is 2.61. The van der Waals surface area contributed by atoms with E-state index < -0.39 is 0 Å². The first-order valence-electron chi connectivity index (χ1n) is 7.51. The predicted molar refractivity (Wildman–Crippen MR) is 87.1 cm³/mol. The summed E-state index contributed by atoms with van der Waals surface area (Å²) in [5, 5.41) is 14.9. The largest absolute Gasteiger partial charge is 0.493 e. The molecule has 1 atom stereocenters. The molecule has 1 aliphatic rings. The van der Waals surface area contributed by atoms with Crippen LogP contribution in [0.15, 0.2) is 48.5 Å². The van der Waals surface area contributed by atoms with E-state index in [1.54, 1.807) is 24.3 Å². The molecule has 1 amide bonds. The van der Waals surface area contributed by atoms with Crippen molar-refractivity contribution in [3.05, 3.63) is 59.7 Å². The Morgan fingerprint density at radius 1 is 1.22 bits per heavy atom. The van der Waals surface area contributed by atoms with Crippen molar-refractivity contribution in [2.45, 2.75) is 12.5 Å². The number of nitrogens with zero attached hydrogens (tertiary/aromatic N) is 1. The van der Waals surface area contributed by atoms with Crippen LogP contribution in [0.5, 0.6) is 5.75 Å². The Bertz CT molecular complexity index is 735. The Morgan fingerprint density at radius 3 is 2.78 bits per heavy atom. The van der Waals surface area contributed by atoms with Crippen molar-refractivity contribution in [2.75, 3.05) is 18.5 Å². The average molecular weight is 307 g/mol. The topological polar surface area (TPSA) is 74.2 Å². The second kappa shape index (κ2) is 6.84. The number of benzene rings is 2. The number of nitriles is 1. The van der Waals surface area contributed by atoms with Gasteiger partial charge in [-0.3, -0.25) is 4.79 Å². The van der Waals surface area contributed by atoms with Gasteiger partial charge in [0.05, 0.1) is 30.8 Å². The van der Waals surface area contributed by atoms with Crippen LogP contribution in [-0.4, -0.2) is 19.1 Å². The third-order valence-corrected chi connectivity index (χ3v) is 3.76. The first kappa shape index (κ1) is 14.9. The molecule has 0 radical (unpaired) electrons. The Hall–Kier alpha value is -3.00. The molecule has 2 aromatic rings. The molecule has 1 heterocycles. The summed E-state index contributed by atoms with van der Waals surface area (Å²) in [6, 6.07) is 16.8. The van der Waals surface area contributed by atoms with Crippen LogP contribution in [-0.2, 0) is 4.79 Å². The summed E-state index contributed by atoms with van der Waals surface area (Å²) >= 11 is 0. The second-order valence-corrected chi connectivity index (χ2v) is 5.34. The van der Waals surface area contributed by atoms with Crippen LogP contribution < -0.4 is 15.4 Å². The van der Waals surface area contributed by atoms with Gasteiger partial charge in [-0.15, -0.1) is 0 Å². The molecule has 0 spiro atoms. The van der Waals surface area contributed by atoms with Crippen LogP contribution in [0.1, 0.15) is 23.6 Å². The van der Waals surface area contributed by atoms with Crippen molar-refractivity contribution in [3.63, 3.8) is 0 Å². The fraction of sp³-hybridized carbons (Fsp3) is 0.222. The molecule has 2 aromatic carbocycles. The molecule has 3 rings (SSSR count). The summed E-state index contributed by atoms with van der Waals surface area (Å²) in [6.45, 7) is 0.788. The number of ether oxygens (including phenoxy) is 1. The van der Waals surface area contributed by atoms with Gasteiger partial charge in [0.2, 0.25) is 5.91 Å². The molecule has 0 fully saturated rings. The summed E-state index contributed by atoms with van der Waals surface area (Å²) in [7, 11) is 0. The fourth-order valence-electron chi connectivity index (χ4n) is 2.58. The molecule has 0 aromatic heterocycles. The first-order valence-corrected chi connectivity index (χ1v) is 7.51. The third kappa shape index (κ3) is 3.61. The zero-order valence-corrected chi connectivity index (χ0v) is 12.6. The number of carbonyl (C=O) groups excluding carboxylic acids is 1. The smallest absolute Gasteiger partial charge is 0.239 e. The lowest BCUT2D eigenvalue weighted by Gasteiger charge is -2.26. The Labute approximate surface area is 134 Å². The molecule has 0 saturated carbocycles. The standard InChI is InChI=1S/C18H17N3O2/c19-11-13-5-7-14(8-6-13)20-12-18(22)21-16-9-10-23-17-4-2-1-3-15(16)17/h1-8,16,20H,9-10,12H2,(H,21,22). The molecular weight excluding hydrogens is 290 g/mol. The van der Waals surface area contributed by atoms with Gasteiger partial charge in [-0.1, -0.05) is 18.2 Å². The summed E-state index contributed by atoms with van der Waals surface area (Å²) in [5.74, 6) is 0.764. The lowest BCUT2D eigenvalue weighted by Crippen LogP contribution is -2.35. The lowest BCUT2D eigenvalue weighted by molar-refractivity contribution is -0.120. The van der Waals surface area contributed by atoms with Gasteiger partial charge in [-0.05, 0) is 30.3 Å². The lowest BCUT2D eigenvalue weighted by atomic mass is 10.0. The van der Waals surface area contributed by atoms with Crippen molar-refractivity contribution in [2.24, 2.45) is 0 Å². The molecule has 23 heavy (non-hydrogen) atoms. The van der Waals surface area contributed by atoms with E-state index in [9.17, 15) is 4.79 Å². The van der Waals surface area contributed by atoms with Crippen LogP contribution in [0.3, 0.4) is 0 Å². The molecule has 5 heteroatoms. The number of para-hydroxylation sites is 1. The van der Waals surface area contributed by atoms with Gasteiger partial charge >= 0.3 is 0 Å². The van der Waals surface area contributed by atoms with Crippen molar-refractivity contribution in [3.8, 4) is 11.8 Å². The molecule has 1 unspecified atom stereocenters. The maximum absolute atomic E-state index is 12.2. The van der Waals surface area contributed by atoms with Crippen molar-refractivity contribution in [1.29, 1.82) is 5.26 Å². The maximum atomic E-state index is 12.2. The van der Waals surface area contributed by atoms with Crippen LogP contribution in [0.4, 0.5) is 5.69 Å². The van der Waals surface area contributed by atoms with Gasteiger partial charge in [0, 0.05) is 17.7 Å². The number of nitrogens with one attached hydrogen (secondary N) is 2. The SMILES string of the molecule is N#Cc1ccc(NCC(=O)NC2CCOc3ccccc32)cc1. The van der Waals surface area contributed by atoms with E-state index in [1.165, 1.54) is 0 Å². The molecule has 5 nitrogen and oxygen atoms in total. The van der Waals surface area contributed by atoms with Gasteiger partial charge in [0.1, 0.15) is 5.75 Å². The van der Waals surface area contributed by atoms with E-state index >= 15 is 0 Å². The van der Waals surface area contributed by atoms with E-state index in [0.717, 1.165) is 23.4 Å². The minimum Gasteiger partial charge on any atom is -0.493 e. The molecule has 0 aliphatic carbocycles. The van der Waals surface area contributed by atoms with E-state index in [4.69, 9.17) is 10.00 Å². The summed E-state index contributed by atoms with van der Waals surface area (Å²) in [4.78, 5) is 12.2. The molecular formula is C18H17N3O2. The average Bonchev–Trinajstić information content (AvgIpc) is 2.61. The van der Waals surface area contributed by atoms with Crippen LogP contribution in [0.25, 0.3) is 0 Å². The highest BCUT2D eigenvalue weighted by atomic mass is 16.5. The number of hydrogen-bond acceptors (Lipinski definition) is 4. The first-order chi connectivity index (χ1) is 11.3. The van der Waals surface area contributed by atoms with E-state index in [1.807, 2.05) is 24.3 Å². The molecule has 2 N–H and O–H groups in total. The van der Waals surface area contributed by atoms with E-state index in [2.05, 4.69) is 16.7 Å². The van der Waals surface area contributed by atoms with Gasteiger partial charge in [0.15, 0.2) is 0 Å². The highest BCUT2D eigenvalue weighted by Crippen LogP contribution is 2.31. The normalized spacial score (nSPS) is 15.7. The highest BCUT2D eigenvalue weighted by molar-refractivity contribution is 5.81. The quantitative estimate of drug-likeness (QED) is 0.910. The minimum atomic E-state index is -0.0731. The number of fused-ring (bicyclic) bond motifs is 1. The fourth-order valence-corrected chi connectivity index (χ4v) is 2.58. The maximum Gasteiger partial charge on any atom is 0.239 e. The van der Waals surface area contributed by atoms with E-state index in [-0.39, 0.29) is 18.5 Å². The van der Waals surface area contributed by atoms with Crippen LogP contribution in [0.2, 0.25) is 0 Å². The number of carbonyl (C=O) groups is 1. The number of rotatable bonds is 4. The number of anilines is 1. The number of hydrogen-bond donors (Lipinski definition) is 2. The summed E-state index contributed by atoms with van der Waals surface area (Å²) in [5.41, 5.74) is 2.43. The van der Waals surface area contributed by atoms with Gasteiger partial charge in [-0.25, -0.2) is 0 Å². The van der Waals surface area contributed by atoms with Gasteiger partial charge in [-0.2, -0.15) is 5.26 Å². The molecule has 0 bridgehead atoms. The summed E-state index contributed by atoms with van der Waals surface area (Å²) in [6.07, 6.45) is 0.764. The second-order valence-electron chi connectivity index (χ2n) is 5.34. The van der Waals surface area contributed by atoms with Crippen molar-refractivity contribution in [1.82, 2.24) is 5.32 Å². The minimum absolute atomic E-state index is 0.0183. The summed E-state index contributed by atoms with van der Waals surface area (Å²) < 4.78 is 5.59. The Morgan fingerprint density at radius 2 is 2.00 bits per heavy atom. The van der Waals surface area contributed by atoms with Crippen LogP contribution >= 0.6 is 0 Å². The zero-order valence-electron chi connectivity index (χ0n) is 12.6. The van der Waals surface area contributed by atoms with Crippen molar-refractivity contribution >= 4 is 11.6 Å². The molecule has 1 aliphatic heterocycles.